The van der Waals surface area contributed by atoms with E-state index in [1.165, 1.54) is 55.5 Å². The summed E-state index contributed by atoms with van der Waals surface area (Å²) in [7, 11) is -4.11. The summed E-state index contributed by atoms with van der Waals surface area (Å²) in [6.45, 7) is 1.54. The number of aryl methyl sites for hydroxylation is 1. The molecule has 0 aliphatic heterocycles. The Morgan fingerprint density at radius 1 is 0.969 bits per heavy atom. The van der Waals surface area contributed by atoms with Gasteiger partial charge in [-0.15, -0.1) is 0 Å². The minimum Gasteiger partial charge on any atom is -0.322 e. The first-order valence-electron chi connectivity index (χ1n) is 9.00. The number of thioether (sulfide) groups is 1. The van der Waals surface area contributed by atoms with Crippen LogP contribution in [0.5, 0.6) is 0 Å². The normalized spacial score (nSPS) is 11.4. The van der Waals surface area contributed by atoms with Crippen LogP contribution in [0.4, 0.5) is 28.9 Å². The van der Waals surface area contributed by atoms with E-state index >= 15 is 0 Å². The van der Waals surface area contributed by atoms with Crippen molar-refractivity contribution in [3.63, 3.8) is 0 Å². The molecule has 0 aromatic heterocycles. The number of amides is 1. The van der Waals surface area contributed by atoms with Crippen molar-refractivity contribution in [2.24, 2.45) is 0 Å². The molecule has 0 radical (unpaired) electrons. The van der Waals surface area contributed by atoms with E-state index in [4.69, 9.17) is 0 Å². The van der Waals surface area contributed by atoms with Crippen LogP contribution in [-0.4, -0.2) is 20.1 Å². The highest BCUT2D eigenvalue weighted by molar-refractivity contribution is 7.99. The molecule has 0 aliphatic rings. The van der Waals surface area contributed by atoms with E-state index in [9.17, 15) is 30.8 Å². The third-order valence-electron chi connectivity index (χ3n) is 4.26. The lowest BCUT2D eigenvalue weighted by molar-refractivity contribution is 0.102. The minimum absolute atomic E-state index is 0.0494. The lowest BCUT2D eigenvalue weighted by atomic mass is 10.1. The maximum atomic E-state index is 13.8. The standard InChI is InChI=1S/C21H16F4N2O3S2/c1-12-5-6-14(26-20(28)16-3-2-4-17(22)19(16)23)11-18(12)32(29,30)27-13-7-9-15(10-8-13)31-21(24)25/h2-11,21,27H,1H3,(H,26,28). The van der Waals surface area contributed by atoms with Gasteiger partial charge in [0.15, 0.2) is 11.6 Å². The number of nitrogens with one attached hydrogen (secondary N) is 2. The van der Waals surface area contributed by atoms with Gasteiger partial charge in [-0.25, -0.2) is 17.2 Å². The first-order valence-corrected chi connectivity index (χ1v) is 11.4. The van der Waals surface area contributed by atoms with Gasteiger partial charge in [-0.05, 0) is 61.0 Å². The van der Waals surface area contributed by atoms with Gasteiger partial charge in [0.05, 0.1) is 10.5 Å². The van der Waals surface area contributed by atoms with Crippen LogP contribution in [0.1, 0.15) is 15.9 Å². The number of benzene rings is 3. The Morgan fingerprint density at radius 2 is 1.62 bits per heavy atom. The average Bonchev–Trinajstić information content (AvgIpc) is 2.72. The summed E-state index contributed by atoms with van der Waals surface area (Å²) in [5.74, 6) is -6.06. The van der Waals surface area contributed by atoms with Crippen LogP contribution >= 0.6 is 11.8 Å². The van der Waals surface area contributed by atoms with Crippen LogP contribution in [0.25, 0.3) is 0 Å². The quantitative estimate of drug-likeness (QED) is 0.336. The van der Waals surface area contributed by atoms with Crippen molar-refractivity contribution in [2.75, 3.05) is 10.0 Å². The number of hydrogen-bond donors (Lipinski definition) is 2. The molecule has 0 atom stereocenters. The number of halogens is 4. The van der Waals surface area contributed by atoms with E-state index in [1.54, 1.807) is 0 Å². The summed E-state index contributed by atoms with van der Waals surface area (Å²) in [5.41, 5.74) is 0.0276. The Bertz CT molecular complexity index is 1250. The highest BCUT2D eigenvalue weighted by Crippen LogP contribution is 2.28. The molecular weight excluding hydrogens is 468 g/mol. The first kappa shape index (κ1) is 23.6. The predicted molar refractivity (Wildman–Crippen MR) is 115 cm³/mol. The Kier molecular flexibility index (Phi) is 7.09. The molecule has 32 heavy (non-hydrogen) atoms. The summed E-state index contributed by atoms with van der Waals surface area (Å²) < 4.78 is 80.0. The number of alkyl halides is 2. The highest BCUT2D eigenvalue weighted by atomic mass is 32.2. The molecule has 0 spiro atoms. The van der Waals surface area contributed by atoms with Crippen LogP contribution in [0.15, 0.2) is 70.5 Å². The fraction of sp³-hybridized carbons (Fsp3) is 0.0952. The zero-order chi connectivity index (χ0) is 23.5. The molecule has 0 aliphatic carbocycles. The zero-order valence-electron chi connectivity index (χ0n) is 16.4. The van der Waals surface area contributed by atoms with Gasteiger partial charge in [0.2, 0.25) is 0 Å². The van der Waals surface area contributed by atoms with E-state index in [0.29, 0.717) is 17.3 Å². The molecule has 3 aromatic rings. The molecule has 2 N–H and O–H groups in total. The van der Waals surface area contributed by atoms with Crippen molar-refractivity contribution in [2.45, 2.75) is 22.5 Å². The van der Waals surface area contributed by atoms with Gasteiger partial charge in [0.25, 0.3) is 21.7 Å². The largest absolute Gasteiger partial charge is 0.322 e. The number of carbonyl (C=O) groups is 1. The molecule has 0 heterocycles. The second-order valence-electron chi connectivity index (χ2n) is 6.54. The van der Waals surface area contributed by atoms with Gasteiger partial charge in [-0.1, -0.05) is 23.9 Å². The van der Waals surface area contributed by atoms with E-state index in [-0.39, 0.29) is 21.2 Å². The van der Waals surface area contributed by atoms with Crippen LogP contribution in [0, 0.1) is 18.6 Å². The maximum absolute atomic E-state index is 13.8. The second-order valence-corrected chi connectivity index (χ2v) is 9.26. The Balaban J connectivity index is 1.82. The van der Waals surface area contributed by atoms with Gasteiger partial charge < -0.3 is 5.32 Å². The maximum Gasteiger partial charge on any atom is 0.288 e. The molecule has 1 amide bonds. The topological polar surface area (TPSA) is 75.3 Å². The molecule has 0 unspecified atom stereocenters. The third kappa shape index (κ3) is 5.60. The highest BCUT2D eigenvalue weighted by Gasteiger charge is 2.20. The fourth-order valence-corrected chi connectivity index (χ4v) is 4.59. The van der Waals surface area contributed by atoms with E-state index in [0.717, 1.165) is 12.1 Å². The Labute approximate surface area is 185 Å². The third-order valence-corrected chi connectivity index (χ3v) is 6.51. The molecule has 3 rings (SSSR count). The van der Waals surface area contributed by atoms with Crippen molar-refractivity contribution in [1.82, 2.24) is 0 Å². The van der Waals surface area contributed by atoms with E-state index in [2.05, 4.69) is 10.0 Å². The van der Waals surface area contributed by atoms with Gasteiger partial charge in [0.1, 0.15) is 0 Å². The molecular formula is C21H16F4N2O3S2. The number of carbonyl (C=O) groups excluding carboxylic acids is 1. The molecule has 0 bridgehead atoms. The lowest BCUT2D eigenvalue weighted by Crippen LogP contribution is -2.17. The van der Waals surface area contributed by atoms with Gasteiger partial charge in [0, 0.05) is 16.3 Å². The summed E-state index contributed by atoms with van der Waals surface area (Å²) in [6.07, 6.45) is 0. The van der Waals surface area contributed by atoms with Crippen molar-refractivity contribution in [1.29, 1.82) is 0 Å². The van der Waals surface area contributed by atoms with Gasteiger partial charge in [-0.2, -0.15) is 8.78 Å². The van der Waals surface area contributed by atoms with E-state index in [1.807, 2.05) is 0 Å². The van der Waals surface area contributed by atoms with Crippen molar-refractivity contribution < 1.29 is 30.8 Å². The Hall–Kier alpha value is -3.05. The Morgan fingerprint density at radius 3 is 2.28 bits per heavy atom. The van der Waals surface area contributed by atoms with Crippen molar-refractivity contribution in [3.8, 4) is 0 Å². The molecule has 0 saturated carbocycles. The fourth-order valence-electron chi connectivity index (χ4n) is 2.76. The summed E-state index contributed by atoms with van der Waals surface area (Å²) in [4.78, 5) is 12.4. The van der Waals surface area contributed by atoms with Gasteiger partial charge in [-0.3, -0.25) is 9.52 Å². The van der Waals surface area contributed by atoms with Crippen LogP contribution in [0.3, 0.4) is 0 Å². The number of sulfonamides is 1. The van der Waals surface area contributed by atoms with Crippen molar-refractivity contribution in [3.05, 3.63) is 83.4 Å². The molecule has 11 heteroatoms. The smallest absolute Gasteiger partial charge is 0.288 e. The summed E-state index contributed by atoms with van der Waals surface area (Å²) in [5, 5.41) is 2.34. The first-order chi connectivity index (χ1) is 15.1. The number of rotatable bonds is 7. The molecule has 5 nitrogen and oxygen atoms in total. The zero-order valence-corrected chi connectivity index (χ0v) is 18.0. The number of hydrogen-bond acceptors (Lipinski definition) is 4. The monoisotopic (exact) mass is 484 g/mol. The van der Waals surface area contributed by atoms with Gasteiger partial charge >= 0.3 is 0 Å². The molecule has 0 fully saturated rings. The number of anilines is 2. The molecule has 168 valence electrons. The van der Waals surface area contributed by atoms with Crippen LogP contribution in [0.2, 0.25) is 0 Å². The average molecular weight is 484 g/mol. The predicted octanol–water partition coefficient (Wildman–Crippen LogP) is 5.64. The summed E-state index contributed by atoms with van der Waals surface area (Å²) >= 11 is 0.331. The minimum atomic E-state index is -4.11. The SMILES string of the molecule is Cc1ccc(NC(=O)c2cccc(F)c2F)cc1S(=O)(=O)Nc1ccc(SC(F)F)cc1. The van der Waals surface area contributed by atoms with E-state index < -0.39 is 38.9 Å². The molecule has 0 saturated heterocycles. The summed E-state index contributed by atoms with van der Waals surface area (Å²) in [6, 6.07) is 12.6. The molecule has 3 aromatic carbocycles. The lowest BCUT2D eigenvalue weighted by Gasteiger charge is -2.13. The van der Waals surface area contributed by atoms with Crippen molar-refractivity contribution >= 4 is 39.1 Å². The second kappa shape index (κ2) is 9.61. The van der Waals surface area contributed by atoms with Crippen LogP contribution < -0.4 is 10.0 Å². The van der Waals surface area contributed by atoms with Crippen LogP contribution in [-0.2, 0) is 10.0 Å².